The Morgan fingerprint density at radius 3 is 2.46 bits per heavy atom. The molecule has 0 radical (unpaired) electrons. The van der Waals surface area contributed by atoms with Gasteiger partial charge >= 0.3 is 5.63 Å². The summed E-state index contributed by atoms with van der Waals surface area (Å²) in [4.78, 5) is 24.0. The monoisotopic (exact) mass is 330 g/mol. The van der Waals surface area contributed by atoms with Gasteiger partial charge < -0.3 is 14.6 Å². The number of carbonyl (C=O) groups is 1. The third kappa shape index (κ3) is 3.92. The number of aromatic hydroxyl groups is 1. The number of rotatable bonds is 5. The highest BCUT2D eigenvalue weighted by atomic mass is 16.4. The van der Waals surface area contributed by atoms with Crippen molar-refractivity contribution in [3.05, 3.63) is 51.9 Å². The first-order valence-corrected chi connectivity index (χ1v) is 7.75. The minimum atomic E-state index is -1.30. The summed E-state index contributed by atoms with van der Waals surface area (Å²) in [5.41, 5.74) is -0.436. The molecule has 128 valence electrons. The van der Waals surface area contributed by atoms with Crippen LogP contribution in [-0.2, 0) is 11.2 Å². The first-order valence-electron chi connectivity index (χ1n) is 7.75. The SMILES string of the molecule is CC(C)=CC(=O)C(Cc1c(O)ccc2ccc(=O)oc12)C(C)(C)O. The Hall–Kier alpha value is -2.40. The van der Waals surface area contributed by atoms with Crippen LogP contribution in [-0.4, -0.2) is 21.6 Å². The van der Waals surface area contributed by atoms with Gasteiger partial charge in [0, 0.05) is 17.0 Å². The van der Waals surface area contributed by atoms with Gasteiger partial charge in [0.2, 0.25) is 0 Å². The number of hydrogen-bond acceptors (Lipinski definition) is 5. The van der Waals surface area contributed by atoms with Crippen LogP contribution >= 0.6 is 0 Å². The summed E-state index contributed by atoms with van der Waals surface area (Å²) in [6.45, 7) is 6.70. The van der Waals surface area contributed by atoms with Gasteiger partial charge in [0.25, 0.3) is 0 Å². The Bertz CT molecular complexity index is 848. The predicted octanol–water partition coefficient (Wildman–Crippen LogP) is 2.96. The summed E-state index contributed by atoms with van der Waals surface area (Å²) in [5.74, 6) is -1.09. The standard InChI is InChI=1S/C19H22O5/c1-11(2)9-16(21)14(19(3,4)23)10-13-15(20)7-5-12-6-8-17(22)24-18(12)13/h5-9,14,20,23H,10H2,1-4H3. The average molecular weight is 330 g/mol. The Balaban J connectivity index is 2.58. The van der Waals surface area contributed by atoms with Crippen LogP contribution in [0.4, 0.5) is 0 Å². The maximum Gasteiger partial charge on any atom is 0.336 e. The first-order chi connectivity index (χ1) is 11.1. The summed E-state index contributed by atoms with van der Waals surface area (Å²) < 4.78 is 5.22. The number of benzene rings is 1. The van der Waals surface area contributed by atoms with Crippen molar-refractivity contribution < 1.29 is 19.4 Å². The lowest BCUT2D eigenvalue weighted by Gasteiger charge is -2.28. The number of hydrogen-bond donors (Lipinski definition) is 2. The molecular weight excluding hydrogens is 308 g/mol. The maximum absolute atomic E-state index is 12.5. The Morgan fingerprint density at radius 2 is 1.88 bits per heavy atom. The smallest absolute Gasteiger partial charge is 0.336 e. The zero-order valence-corrected chi connectivity index (χ0v) is 14.3. The molecule has 0 aliphatic carbocycles. The van der Waals surface area contributed by atoms with Crippen LogP contribution in [0.15, 0.2) is 45.1 Å². The molecule has 0 saturated heterocycles. The summed E-state index contributed by atoms with van der Waals surface area (Å²) in [7, 11) is 0. The van der Waals surface area contributed by atoms with E-state index in [1.165, 1.54) is 18.2 Å². The van der Waals surface area contributed by atoms with E-state index in [0.717, 1.165) is 5.57 Å². The molecule has 2 N–H and O–H groups in total. The third-order valence-corrected chi connectivity index (χ3v) is 3.90. The Kier molecular flexibility index (Phi) is 4.94. The van der Waals surface area contributed by atoms with E-state index >= 15 is 0 Å². The molecular formula is C19H22O5. The lowest BCUT2D eigenvalue weighted by molar-refractivity contribution is -0.125. The van der Waals surface area contributed by atoms with Gasteiger partial charge in [-0.15, -0.1) is 0 Å². The Labute approximate surface area is 140 Å². The van der Waals surface area contributed by atoms with Gasteiger partial charge in [-0.1, -0.05) is 5.57 Å². The molecule has 1 aromatic carbocycles. The Morgan fingerprint density at radius 1 is 1.25 bits per heavy atom. The molecule has 0 fully saturated rings. The molecule has 0 saturated carbocycles. The minimum Gasteiger partial charge on any atom is -0.508 e. The molecule has 0 amide bonds. The van der Waals surface area contributed by atoms with E-state index in [-0.39, 0.29) is 23.5 Å². The zero-order valence-electron chi connectivity index (χ0n) is 14.3. The van der Waals surface area contributed by atoms with Crippen molar-refractivity contribution in [3.8, 4) is 5.75 Å². The molecule has 1 aromatic heterocycles. The lowest BCUT2D eigenvalue weighted by Crippen LogP contribution is -2.37. The molecule has 0 spiro atoms. The van der Waals surface area contributed by atoms with Crippen LogP contribution in [0.3, 0.4) is 0 Å². The first kappa shape index (κ1) is 17.9. The van der Waals surface area contributed by atoms with Crippen molar-refractivity contribution in [2.45, 2.75) is 39.7 Å². The van der Waals surface area contributed by atoms with E-state index in [9.17, 15) is 19.8 Å². The van der Waals surface area contributed by atoms with Crippen molar-refractivity contribution in [3.63, 3.8) is 0 Å². The molecule has 0 bridgehead atoms. The molecule has 5 heteroatoms. The molecule has 1 unspecified atom stereocenters. The number of aliphatic hydroxyl groups is 1. The molecule has 24 heavy (non-hydrogen) atoms. The molecule has 0 aliphatic rings. The second-order valence-corrected chi connectivity index (χ2v) is 6.77. The van der Waals surface area contributed by atoms with Gasteiger partial charge in [-0.25, -0.2) is 4.79 Å². The minimum absolute atomic E-state index is 0.0578. The third-order valence-electron chi connectivity index (χ3n) is 3.90. The number of allylic oxidation sites excluding steroid dienone is 2. The normalized spacial score (nSPS) is 12.9. The van der Waals surface area contributed by atoms with Crippen LogP contribution in [0.25, 0.3) is 11.0 Å². The van der Waals surface area contributed by atoms with E-state index in [1.807, 2.05) is 0 Å². The van der Waals surface area contributed by atoms with Gasteiger partial charge in [0.1, 0.15) is 11.3 Å². The summed E-state index contributed by atoms with van der Waals surface area (Å²) in [6.07, 6.45) is 1.53. The van der Waals surface area contributed by atoms with Gasteiger partial charge in [-0.05, 0) is 58.4 Å². The van der Waals surface area contributed by atoms with Crippen molar-refractivity contribution in [1.29, 1.82) is 0 Å². The highest BCUT2D eigenvalue weighted by Gasteiger charge is 2.33. The fraction of sp³-hybridized carbons (Fsp3) is 0.368. The molecule has 2 aromatic rings. The molecule has 2 rings (SSSR count). The van der Waals surface area contributed by atoms with Crippen LogP contribution in [0.5, 0.6) is 5.75 Å². The lowest BCUT2D eigenvalue weighted by atomic mass is 9.81. The number of phenolic OH excluding ortho intramolecular Hbond substituents is 1. The molecule has 1 heterocycles. The molecule has 0 aliphatic heterocycles. The van der Waals surface area contributed by atoms with Gasteiger partial charge in [0.15, 0.2) is 5.78 Å². The fourth-order valence-electron chi connectivity index (χ4n) is 2.66. The van der Waals surface area contributed by atoms with Crippen molar-refractivity contribution in [2.75, 3.05) is 0 Å². The average Bonchev–Trinajstić information content (AvgIpc) is 2.43. The largest absolute Gasteiger partial charge is 0.508 e. The fourth-order valence-corrected chi connectivity index (χ4v) is 2.66. The number of phenols is 1. The number of ketones is 1. The number of carbonyl (C=O) groups excluding carboxylic acids is 1. The van der Waals surface area contributed by atoms with Gasteiger partial charge in [-0.3, -0.25) is 4.79 Å². The van der Waals surface area contributed by atoms with Gasteiger partial charge in [0.05, 0.1) is 11.5 Å². The highest BCUT2D eigenvalue weighted by Crippen LogP contribution is 2.32. The number of fused-ring (bicyclic) bond motifs is 1. The highest BCUT2D eigenvalue weighted by molar-refractivity contribution is 5.94. The summed E-state index contributed by atoms with van der Waals surface area (Å²) in [5, 5.41) is 21.3. The van der Waals surface area contributed by atoms with E-state index < -0.39 is 17.1 Å². The quantitative estimate of drug-likeness (QED) is 0.650. The predicted molar refractivity (Wildman–Crippen MR) is 92.1 cm³/mol. The van der Waals surface area contributed by atoms with Crippen LogP contribution in [0, 0.1) is 5.92 Å². The van der Waals surface area contributed by atoms with Crippen LogP contribution in [0.1, 0.15) is 33.3 Å². The maximum atomic E-state index is 12.5. The second-order valence-electron chi connectivity index (χ2n) is 6.77. The second kappa shape index (κ2) is 6.61. The zero-order chi connectivity index (χ0) is 18.1. The van der Waals surface area contributed by atoms with Crippen molar-refractivity contribution in [1.82, 2.24) is 0 Å². The molecule has 1 atom stereocenters. The van der Waals surface area contributed by atoms with Gasteiger partial charge in [-0.2, -0.15) is 0 Å². The molecule has 5 nitrogen and oxygen atoms in total. The summed E-state index contributed by atoms with van der Waals surface area (Å²) in [6, 6.07) is 6.02. The van der Waals surface area contributed by atoms with E-state index in [4.69, 9.17) is 4.42 Å². The summed E-state index contributed by atoms with van der Waals surface area (Å²) >= 11 is 0. The van der Waals surface area contributed by atoms with Crippen LogP contribution in [0.2, 0.25) is 0 Å². The topological polar surface area (TPSA) is 87.7 Å². The van der Waals surface area contributed by atoms with E-state index in [2.05, 4.69) is 0 Å². The van der Waals surface area contributed by atoms with Crippen molar-refractivity contribution in [2.24, 2.45) is 5.92 Å². The van der Waals surface area contributed by atoms with E-state index in [1.54, 1.807) is 39.8 Å². The van der Waals surface area contributed by atoms with Crippen molar-refractivity contribution >= 4 is 16.8 Å². The van der Waals surface area contributed by atoms with Crippen LogP contribution < -0.4 is 5.63 Å². The van der Waals surface area contributed by atoms with E-state index in [0.29, 0.717) is 10.9 Å².